The zero-order chi connectivity index (χ0) is 39.0. The molecular formula is C34H30ClF5N8O6. The van der Waals surface area contributed by atoms with Crippen molar-refractivity contribution in [3.8, 4) is 6.01 Å². The van der Waals surface area contributed by atoms with Gasteiger partial charge in [-0.05, 0) is 79.4 Å². The standard InChI is InChI=1S/C34H30ClF5N8O6/c35-21-5-3-20(4-6-21)33(12-13-33)48-31-45-30(46-32(47-31)54-17-34(38,39)40)43-23-8-1-18(2-9-23)26(49)44-25(29(52)53)11-14-41-27(50)28(51)42-16-19-15-22(36)7-10-24(19)37/h1-10,15,25H,11-14,16-17H2,(H,41,50)(H,42,51)(H,44,49)(H,52,53)(H2,43,45,46,47,48)/t25-/m0/s1. The number of hydrogen-bond donors (Lipinski definition) is 6. The second-order valence-electron chi connectivity index (χ2n) is 11.9. The maximum Gasteiger partial charge on any atom is 0.422 e. The summed E-state index contributed by atoms with van der Waals surface area (Å²) >= 11 is 6.00. The van der Waals surface area contributed by atoms with Crippen molar-refractivity contribution in [3.63, 3.8) is 0 Å². The number of ether oxygens (including phenoxy) is 1. The highest BCUT2D eigenvalue weighted by Gasteiger charge is 2.45. The van der Waals surface area contributed by atoms with Crippen molar-refractivity contribution in [1.29, 1.82) is 0 Å². The SMILES string of the molecule is O=C(NCC[C@H](NC(=O)c1ccc(Nc2nc(NC3(c4ccc(Cl)cc4)CC3)nc(OCC(F)(F)F)n2)cc1)C(=O)O)C(=O)NCc1cc(F)ccc1F. The first-order valence-electron chi connectivity index (χ1n) is 16.0. The molecule has 5 rings (SSSR count). The van der Waals surface area contributed by atoms with Gasteiger partial charge in [0.2, 0.25) is 11.9 Å². The summed E-state index contributed by atoms with van der Waals surface area (Å²) in [4.78, 5) is 61.0. The summed E-state index contributed by atoms with van der Waals surface area (Å²) in [5.74, 6) is -6.37. The molecule has 1 atom stereocenters. The second kappa shape index (κ2) is 16.7. The van der Waals surface area contributed by atoms with E-state index < -0.39 is 72.2 Å². The number of nitrogens with zero attached hydrogens (tertiary/aromatic N) is 3. The van der Waals surface area contributed by atoms with Gasteiger partial charge in [0.1, 0.15) is 17.7 Å². The predicted molar refractivity (Wildman–Crippen MR) is 182 cm³/mol. The molecule has 284 valence electrons. The molecule has 0 saturated heterocycles. The third kappa shape index (κ3) is 11.0. The number of rotatable bonds is 15. The van der Waals surface area contributed by atoms with E-state index in [0.29, 0.717) is 23.6 Å². The Kier molecular flexibility index (Phi) is 12.1. The number of carbonyl (C=O) groups is 4. The first kappa shape index (κ1) is 39.1. The number of alkyl halides is 3. The van der Waals surface area contributed by atoms with E-state index >= 15 is 0 Å². The lowest BCUT2D eigenvalue weighted by atomic mass is 10.1. The van der Waals surface area contributed by atoms with Crippen LogP contribution < -0.4 is 31.3 Å². The van der Waals surface area contributed by atoms with Crippen LogP contribution in [0, 0.1) is 11.6 Å². The Bertz CT molecular complexity index is 2020. The summed E-state index contributed by atoms with van der Waals surface area (Å²) in [6.07, 6.45) is -3.62. The monoisotopic (exact) mass is 776 g/mol. The average molecular weight is 777 g/mol. The molecule has 54 heavy (non-hydrogen) atoms. The molecule has 1 aliphatic carbocycles. The highest BCUT2D eigenvalue weighted by molar-refractivity contribution is 6.35. The Labute approximate surface area is 307 Å². The molecule has 1 fully saturated rings. The van der Waals surface area contributed by atoms with Crippen molar-refractivity contribution in [3.05, 3.63) is 100 Å². The third-order valence-corrected chi connectivity index (χ3v) is 8.11. The minimum Gasteiger partial charge on any atom is -0.480 e. The summed E-state index contributed by atoms with van der Waals surface area (Å²) in [6.45, 7) is -2.48. The summed E-state index contributed by atoms with van der Waals surface area (Å²) < 4.78 is 70.6. The van der Waals surface area contributed by atoms with Crippen molar-refractivity contribution >= 4 is 52.9 Å². The van der Waals surface area contributed by atoms with Crippen LogP contribution in [0.2, 0.25) is 5.02 Å². The number of hydrogen-bond acceptors (Lipinski definition) is 10. The number of anilines is 3. The minimum absolute atomic E-state index is 0.0191. The number of nitrogens with one attached hydrogen (secondary N) is 5. The van der Waals surface area contributed by atoms with Crippen LogP contribution in [0.5, 0.6) is 6.01 Å². The fraction of sp³-hybridized carbons (Fsp3) is 0.265. The topological polar surface area (TPSA) is 197 Å². The molecule has 0 unspecified atom stereocenters. The van der Waals surface area contributed by atoms with Crippen molar-refractivity contribution in [1.82, 2.24) is 30.9 Å². The number of carboxylic acid groups (broad SMARTS) is 1. The van der Waals surface area contributed by atoms with E-state index in [0.717, 1.165) is 23.8 Å². The molecule has 1 aliphatic rings. The van der Waals surface area contributed by atoms with E-state index in [4.69, 9.17) is 16.3 Å². The molecule has 0 bridgehead atoms. The zero-order valence-corrected chi connectivity index (χ0v) is 28.5. The van der Waals surface area contributed by atoms with E-state index in [1.54, 1.807) is 12.1 Å². The lowest BCUT2D eigenvalue weighted by Crippen LogP contribution is -2.45. The number of aromatic nitrogens is 3. The van der Waals surface area contributed by atoms with Crippen LogP contribution in [0.1, 0.15) is 40.7 Å². The number of aliphatic carboxylic acids is 1. The first-order valence-corrected chi connectivity index (χ1v) is 16.4. The third-order valence-electron chi connectivity index (χ3n) is 7.86. The summed E-state index contributed by atoms with van der Waals surface area (Å²) in [5, 5.41) is 22.7. The molecule has 14 nitrogen and oxygen atoms in total. The van der Waals surface area contributed by atoms with Crippen molar-refractivity contribution in [2.24, 2.45) is 0 Å². The fourth-order valence-electron chi connectivity index (χ4n) is 4.95. The molecular weight excluding hydrogens is 747 g/mol. The van der Waals surface area contributed by atoms with Gasteiger partial charge >= 0.3 is 30.0 Å². The van der Waals surface area contributed by atoms with Crippen LogP contribution in [0.15, 0.2) is 66.7 Å². The van der Waals surface area contributed by atoms with E-state index in [9.17, 15) is 46.2 Å². The molecule has 0 radical (unpaired) electrons. The van der Waals surface area contributed by atoms with Crippen LogP contribution in [-0.4, -0.2) is 69.1 Å². The van der Waals surface area contributed by atoms with Gasteiger partial charge < -0.3 is 36.4 Å². The molecule has 3 aromatic carbocycles. The molecule has 1 saturated carbocycles. The summed E-state index contributed by atoms with van der Waals surface area (Å²) in [7, 11) is 0. The number of benzene rings is 3. The molecule has 0 aliphatic heterocycles. The van der Waals surface area contributed by atoms with Gasteiger partial charge in [0.25, 0.3) is 5.91 Å². The van der Waals surface area contributed by atoms with Crippen LogP contribution in [0.3, 0.4) is 0 Å². The lowest BCUT2D eigenvalue weighted by Gasteiger charge is -2.19. The number of amides is 3. The first-order chi connectivity index (χ1) is 25.6. The summed E-state index contributed by atoms with van der Waals surface area (Å²) in [6, 6.07) is 13.0. The average Bonchev–Trinajstić information content (AvgIpc) is 3.90. The van der Waals surface area contributed by atoms with Gasteiger partial charge in [0.15, 0.2) is 6.61 Å². The number of carboxylic acids is 1. The van der Waals surface area contributed by atoms with Gasteiger partial charge in [-0.1, -0.05) is 23.7 Å². The maximum absolute atomic E-state index is 13.7. The van der Waals surface area contributed by atoms with Crippen molar-refractivity contribution in [2.75, 3.05) is 23.8 Å². The van der Waals surface area contributed by atoms with Crippen LogP contribution in [-0.2, 0) is 26.5 Å². The van der Waals surface area contributed by atoms with Gasteiger partial charge in [-0.15, -0.1) is 0 Å². The van der Waals surface area contributed by atoms with Gasteiger partial charge in [-0.3, -0.25) is 14.4 Å². The predicted octanol–water partition coefficient (Wildman–Crippen LogP) is 4.59. The molecule has 20 heteroatoms. The Morgan fingerprint density at radius 2 is 1.56 bits per heavy atom. The molecule has 1 aromatic heterocycles. The van der Waals surface area contributed by atoms with Gasteiger partial charge in [-0.2, -0.15) is 28.1 Å². The Hall–Kier alpha value is -6.11. The van der Waals surface area contributed by atoms with Crippen LogP contribution in [0.25, 0.3) is 0 Å². The van der Waals surface area contributed by atoms with Gasteiger partial charge in [0.05, 0.1) is 5.54 Å². The van der Waals surface area contributed by atoms with Crippen molar-refractivity contribution < 1.29 is 51.0 Å². The Balaban J connectivity index is 1.17. The van der Waals surface area contributed by atoms with E-state index in [1.807, 2.05) is 12.1 Å². The van der Waals surface area contributed by atoms with Gasteiger partial charge in [-0.25, -0.2) is 13.6 Å². The lowest BCUT2D eigenvalue weighted by molar-refractivity contribution is -0.154. The molecule has 0 spiro atoms. The summed E-state index contributed by atoms with van der Waals surface area (Å²) in [5.41, 5.74) is 0.400. The van der Waals surface area contributed by atoms with E-state index in [-0.39, 0.29) is 36.0 Å². The van der Waals surface area contributed by atoms with Crippen LogP contribution >= 0.6 is 11.6 Å². The van der Waals surface area contributed by atoms with E-state index in [2.05, 4.69) is 41.5 Å². The Morgan fingerprint density at radius 3 is 2.20 bits per heavy atom. The minimum atomic E-state index is -4.66. The quantitative estimate of drug-likeness (QED) is 0.0730. The second-order valence-corrected chi connectivity index (χ2v) is 12.3. The van der Waals surface area contributed by atoms with Crippen molar-refractivity contribution in [2.45, 2.75) is 43.6 Å². The van der Waals surface area contributed by atoms with E-state index in [1.165, 1.54) is 24.3 Å². The number of carbonyl (C=O) groups excluding carboxylic acids is 3. The molecule has 3 amide bonds. The van der Waals surface area contributed by atoms with Gasteiger partial charge in [0, 0.05) is 34.9 Å². The van der Waals surface area contributed by atoms with Crippen LogP contribution in [0.4, 0.5) is 39.5 Å². The zero-order valence-electron chi connectivity index (χ0n) is 27.8. The highest BCUT2D eigenvalue weighted by atomic mass is 35.5. The molecule has 6 N–H and O–H groups in total. The normalized spacial score (nSPS) is 13.6. The molecule has 4 aromatic rings. The number of halogens is 6. The molecule has 1 heterocycles. The largest absolute Gasteiger partial charge is 0.480 e. The Morgan fingerprint density at radius 1 is 0.889 bits per heavy atom. The smallest absolute Gasteiger partial charge is 0.422 e. The fourth-order valence-corrected chi connectivity index (χ4v) is 5.08. The maximum atomic E-state index is 13.7. The highest BCUT2D eigenvalue weighted by Crippen LogP contribution is 2.48.